The number of carbonyl (C=O) groups excluding carboxylic acids is 2. The third kappa shape index (κ3) is 6.42. The number of hydrogen-bond donors (Lipinski definition) is 3. The smallest absolute Gasteiger partial charge is 0.325 e. The Morgan fingerprint density at radius 2 is 1.81 bits per heavy atom. The van der Waals surface area contributed by atoms with Gasteiger partial charge in [-0.25, -0.2) is 4.79 Å². The van der Waals surface area contributed by atoms with Crippen LogP contribution >= 0.6 is 0 Å². The molecule has 21 heavy (non-hydrogen) atoms. The molecule has 0 heterocycles. The monoisotopic (exact) mass is 294 g/mol. The molecule has 114 valence electrons. The highest BCUT2D eigenvalue weighted by Crippen LogP contribution is 2.14. The molecule has 3 N–H and O–H groups in total. The Bertz CT molecular complexity index is 513. The highest BCUT2D eigenvalue weighted by atomic mass is 16.5. The number of urea groups is 1. The SMILES string of the molecule is COc1ccc(NC(=O)NC(=O)CC(C)CC(=O)O)cc1. The predicted octanol–water partition coefficient (Wildman–Crippen LogP) is 1.84. The third-order valence-electron chi connectivity index (χ3n) is 2.66. The van der Waals surface area contributed by atoms with Crippen LogP contribution in [0.15, 0.2) is 24.3 Å². The van der Waals surface area contributed by atoms with Crippen molar-refractivity contribution in [3.05, 3.63) is 24.3 Å². The Kier molecular flexibility index (Phi) is 6.19. The quantitative estimate of drug-likeness (QED) is 0.742. The zero-order chi connectivity index (χ0) is 15.8. The molecule has 0 spiro atoms. The van der Waals surface area contributed by atoms with Gasteiger partial charge in [0.05, 0.1) is 7.11 Å². The number of hydrogen-bond acceptors (Lipinski definition) is 4. The van der Waals surface area contributed by atoms with E-state index >= 15 is 0 Å². The highest BCUT2D eigenvalue weighted by Gasteiger charge is 2.14. The minimum Gasteiger partial charge on any atom is -0.497 e. The van der Waals surface area contributed by atoms with Gasteiger partial charge in [-0.3, -0.25) is 14.9 Å². The molecule has 0 fully saturated rings. The summed E-state index contributed by atoms with van der Waals surface area (Å²) in [6.45, 7) is 1.63. The Morgan fingerprint density at radius 3 is 2.33 bits per heavy atom. The van der Waals surface area contributed by atoms with E-state index in [4.69, 9.17) is 9.84 Å². The largest absolute Gasteiger partial charge is 0.497 e. The lowest BCUT2D eigenvalue weighted by atomic mass is 10.0. The van der Waals surface area contributed by atoms with E-state index < -0.39 is 17.9 Å². The van der Waals surface area contributed by atoms with Crippen LogP contribution in [0.1, 0.15) is 19.8 Å². The van der Waals surface area contributed by atoms with Crippen molar-refractivity contribution in [1.82, 2.24) is 5.32 Å². The first-order valence-corrected chi connectivity index (χ1v) is 6.37. The Morgan fingerprint density at radius 1 is 1.19 bits per heavy atom. The summed E-state index contributed by atoms with van der Waals surface area (Å²) in [5.74, 6) is -1.18. The van der Waals surface area contributed by atoms with E-state index in [-0.39, 0.29) is 18.8 Å². The van der Waals surface area contributed by atoms with Gasteiger partial charge in [0.15, 0.2) is 0 Å². The molecule has 0 aromatic heterocycles. The second-order valence-electron chi connectivity index (χ2n) is 4.64. The van der Waals surface area contributed by atoms with Gasteiger partial charge in [0, 0.05) is 18.5 Å². The molecule has 1 unspecified atom stereocenters. The van der Waals surface area contributed by atoms with Crippen LogP contribution in [0.2, 0.25) is 0 Å². The van der Waals surface area contributed by atoms with Crippen molar-refractivity contribution in [2.24, 2.45) is 5.92 Å². The van der Waals surface area contributed by atoms with E-state index in [2.05, 4.69) is 10.6 Å². The van der Waals surface area contributed by atoms with E-state index in [1.165, 1.54) is 7.11 Å². The standard InChI is InChI=1S/C14H18N2O5/c1-9(8-13(18)19)7-12(17)16-14(20)15-10-3-5-11(21-2)6-4-10/h3-6,9H,7-8H2,1-2H3,(H,18,19)(H2,15,16,17,20). The van der Waals surface area contributed by atoms with Crippen LogP contribution in [0.25, 0.3) is 0 Å². The summed E-state index contributed by atoms with van der Waals surface area (Å²) in [4.78, 5) is 33.6. The number of methoxy groups -OCH3 is 1. The second kappa shape index (κ2) is 7.88. The highest BCUT2D eigenvalue weighted by molar-refractivity contribution is 6.01. The number of aliphatic carboxylic acids is 1. The van der Waals surface area contributed by atoms with Gasteiger partial charge in [-0.05, 0) is 30.2 Å². The first-order chi connectivity index (χ1) is 9.90. The number of rotatable bonds is 6. The van der Waals surface area contributed by atoms with Crippen molar-refractivity contribution in [1.29, 1.82) is 0 Å². The fourth-order valence-corrected chi connectivity index (χ4v) is 1.70. The Labute approximate surface area is 122 Å². The molecule has 0 bridgehead atoms. The summed E-state index contributed by atoms with van der Waals surface area (Å²) >= 11 is 0. The number of carboxylic acids is 1. The average Bonchev–Trinajstić information content (AvgIpc) is 2.37. The molecule has 0 aliphatic carbocycles. The molecule has 1 aromatic rings. The summed E-state index contributed by atoms with van der Waals surface area (Å²) in [5.41, 5.74) is 0.514. The van der Waals surface area contributed by atoms with Crippen LogP contribution in [-0.4, -0.2) is 30.1 Å². The fourth-order valence-electron chi connectivity index (χ4n) is 1.70. The summed E-state index contributed by atoms with van der Waals surface area (Å²) in [7, 11) is 1.53. The van der Waals surface area contributed by atoms with E-state index in [1.807, 2.05) is 0 Å². The van der Waals surface area contributed by atoms with Gasteiger partial charge in [-0.1, -0.05) is 6.92 Å². The zero-order valence-electron chi connectivity index (χ0n) is 11.9. The number of nitrogens with one attached hydrogen (secondary N) is 2. The molecule has 1 atom stereocenters. The lowest BCUT2D eigenvalue weighted by molar-refractivity contribution is -0.138. The molecule has 1 aromatic carbocycles. The van der Waals surface area contributed by atoms with E-state index in [1.54, 1.807) is 31.2 Å². The molecular weight excluding hydrogens is 276 g/mol. The normalized spacial score (nSPS) is 11.3. The fraction of sp³-hybridized carbons (Fsp3) is 0.357. The van der Waals surface area contributed by atoms with Crippen LogP contribution in [0.4, 0.5) is 10.5 Å². The number of amides is 3. The first-order valence-electron chi connectivity index (χ1n) is 6.37. The van der Waals surface area contributed by atoms with Gasteiger partial charge in [0.1, 0.15) is 5.75 Å². The number of ether oxygens (including phenoxy) is 1. The van der Waals surface area contributed by atoms with Crippen molar-refractivity contribution >= 4 is 23.6 Å². The first kappa shape index (κ1) is 16.5. The predicted molar refractivity (Wildman–Crippen MR) is 76.2 cm³/mol. The zero-order valence-corrected chi connectivity index (χ0v) is 11.9. The summed E-state index contributed by atoms with van der Waals surface area (Å²) in [6, 6.07) is 5.96. The maximum Gasteiger partial charge on any atom is 0.325 e. The van der Waals surface area contributed by atoms with E-state index in [9.17, 15) is 14.4 Å². The number of imide groups is 1. The number of carboxylic acid groups (broad SMARTS) is 1. The molecule has 0 saturated carbocycles. The Balaban J connectivity index is 2.41. The number of carbonyl (C=O) groups is 3. The lowest BCUT2D eigenvalue weighted by Crippen LogP contribution is -2.35. The molecule has 3 amide bonds. The van der Waals surface area contributed by atoms with Crippen LogP contribution in [0.5, 0.6) is 5.75 Å². The molecule has 0 radical (unpaired) electrons. The molecule has 1 rings (SSSR count). The van der Waals surface area contributed by atoms with Crippen molar-refractivity contribution < 1.29 is 24.2 Å². The number of benzene rings is 1. The van der Waals surface area contributed by atoms with Crippen LogP contribution in [0.3, 0.4) is 0 Å². The number of anilines is 1. The van der Waals surface area contributed by atoms with Gasteiger partial charge in [-0.15, -0.1) is 0 Å². The van der Waals surface area contributed by atoms with Gasteiger partial charge >= 0.3 is 12.0 Å². The van der Waals surface area contributed by atoms with Crippen molar-refractivity contribution in [3.63, 3.8) is 0 Å². The molecule has 7 heteroatoms. The Hall–Kier alpha value is -2.57. The lowest BCUT2D eigenvalue weighted by Gasteiger charge is -2.10. The molecule has 7 nitrogen and oxygen atoms in total. The van der Waals surface area contributed by atoms with Gasteiger partial charge in [0.25, 0.3) is 0 Å². The van der Waals surface area contributed by atoms with Crippen LogP contribution < -0.4 is 15.4 Å². The van der Waals surface area contributed by atoms with Crippen LogP contribution in [-0.2, 0) is 9.59 Å². The van der Waals surface area contributed by atoms with Crippen molar-refractivity contribution in [3.8, 4) is 5.75 Å². The summed E-state index contributed by atoms with van der Waals surface area (Å²) in [5, 5.41) is 13.2. The molecule has 0 aliphatic heterocycles. The summed E-state index contributed by atoms with van der Waals surface area (Å²) < 4.78 is 4.98. The molecule has 0 saturated heterocycles. The van der Waals surface area contributed by atoms with Crippen LogP contribution in [0, 0.1) is 5.92 Å². The van der Waals surface area contributed by atoms with Gasteiger partial charge in [-0.2, -0.15) is 0 Å². The molecule has 0 aliphatic rings. The maximum absolute atomic E-state index is 11.6. The minimum atomic E-state index is -0.974. The van der Waals surface area contributed by atoms with Gasteiger partial charge in [0.2, 0.25) is 5.91 Å². The maximum atomic E-state index is 11.6. The van der Waals surface area contributed by atoms with E-state index in [0.29, 0.717) is 11.4 Å². The molecular formula is C14H18N2O5. The van der Waals surface area contributed by atoms with Crippen molar-refractivity contribution in [2.45, 2.75) is 19.8 Å². The average molecular weight is 294 g/mol. The van der Waals surface area contributed by atoms with E-state index in [0.717, 1.165) is 0 Å². The minimum absolute atomic E-state index is 0.0255. The van der Waals surface area contributed by atoms with Gasteiger partial charge < -0.3 is 15.2 Å². The third-order valence-corrected chi connectivity index (χ3v) is 2.66. The summed E-state index contributed by atoms with van der Waals surface area (Å²) in [6.07, 6.45) is -0.143. The topological polar surface area (TPSA) is 105 Å². The second-order valence-corrected chi connectivity index (χ2v) is 4.64. The van der Waals surface area contributed by atoms with Crippen molar-refractivity contribution in [2.75, 3.05) is 12.4 Å².